The Morgan fingerprint density at radius 2 is 2.00 bits per heavy atom. The fraction of sp³-hybridized carbons (Fsp3) is 0.588. The zero-order valence-electron chi connectivity index (χ0n) is 12.6. The Morgan fingerprint density at radius 3 is 2.62 bits per heavy atom. The lowest BCUT2D eigenvalue weighted by molar-refractivity contribution is 0.0763. The van der Waals surface area contributed by atoms with Gasteiger partial charge in [0.05, 0.1) is 12.2 Å². The summed E-state index contributed by atoms with van der Waals surface area (Å²) in [6, 6.07) is 5.24. The van der Waals surface area contributed by atoms with Crippen LogP contribution in [-0.4, -0.2) is 36.4 Å². The molecule has 2 aliphatic heterocycles. The molecule has 2 aliphatic rings. The normalized spacial score (nSPS) is 28.6. The largest absolute Gasteiger partial charge is 0.493 e. The van der Waals surface area contributed by atoms with Crippen molar-refractivity contribution in [3.8, 4) is 5.75 Å². The zero-order valence-corrected chi connectivity index (χ0v) is 12.6. The highest BCUT2D eigenvalue weighted by Gasteiger charge is 2.41. The van der Waals surface area contributed by atoms with Gasteiger partial charge in [0.1, 0.15) is 11.6 Å². The number of benzene rings is 1. The summed E-state index contributed by atoms with van der Waals surface area (Å²) in [7, 11) is 2.15. The van der Waals surface area contributed by atoms with Crippen LogP contribution in [0, 0.1) is 11.7 Å². The standard InChI is InChI=1S/C17H22FNO2/c1-3-21-16-7-4-12(18)10-15(16)17(20)11-8-13-5-6-14(9-11)19(13)2/h4,7,10-11,13-14H,3,5-6,8-9H2,1-2H3. The van der Waals surface area contributed by atoms with Crippen molar-refractivity contribution in [2.45, 2.75) is 44.7 Å². The van der Waals surface area contributed by atoms with Crippen LogP contribution in [0.1, 0.15) is 43.0 Å². The van der Waals surface area contributed by atoms with Gasteiger partial charge < -0.3 is 9.64 Å². The van der Waals surface area contributed by atoms with Crippen LogP contribution in [0.25, 0.3) is 0 Å². The highest BCUT2D eigenvalue weighted by molar-refractivity contribution is 6.00. The lowest BCUT2D eigenvalue weighted by Gasteiger charge is -2.35. The number of rotatable bonds is 4. The fourth-order valence-corrected chi connectivity index (χ4v) is 3.82. The van der Waals surface area contributed by atoms with Gasteiger partial charge in [-0.1, -0.05) is 0 Å². The molecule has 0 saturated carbocycles. The molecule has 3 rings (SSSR count). The summed E-state index contributed by atoms with van der Waals surface area (Å²) in [5.41, 5.74) is 0.408. The van der Waals surface area contributed by atoms with E-state index in [2.05, 4.69) is 11.9 Å². The molecule has 21 heavy (non-hydrogen) atoms. The highest BCUT2D eigenvalue weighted by Crippen LogP contribution is 2.39. The summed E-state index contributed by atoms with van der Waals surface area (Å²) in [6.07, 6.45) is 4.11. The topological polar surface area (TPSA) is 29.5 Å². The summed E-state index contributed by atoms with van der Waals surface area (Å²) in [4.78, 5) is 15.2. The second kappa shape index (κ2) is 5.76. The number of nitrogens with zero attached hydrogens (tertiary/aromatic N) is 1. The Bertz CT molecular complexity index is 532. The minimum atomic E-state index is -0.377. The smallest absolute Gasteiger partial charge is 0.169 e. The molecule has 2 bridgehead atoms. The molecule has 0 aliphatic carbocycles. The SMILES string of the molecule is CCOc1ccc(F)cc1C(=O)C1CC2CCC(C1)N2C. The highest BCUT2D eigenvalue weighted by atomic mass is 19.1. The Balaban J connectivity index is 1.84. The van der Waals surface area contributed by atoms with E-state index in [1.54, 1.807) is 6.07 Å². The molecule has 1 aromatic rings. The molecule has 2 fully saturated rings. The van der Waals surface area contributed by atoms with Gasteiger partial charge >= 0.3 is 0 Å². The Hall–Kier alpha value is -1.42. The second-order valence-electron chi connectivity index (χ2n) is 6.16. The lowest BCUT2D eigenvalue weighted by Crippen LogP contribution is -2.42. The third kappa shape index (κ3) is 2.69. The van der Waals surface area contributed by atoms with E-state index in [1.165, 1.54) is 25.0 Å². The third-order valence-corrected chi connectivity index (χ3v) is 4.98. The van der Waals surface area contributed by atoms with Crippen molar-refractivity contribution in [3.63, 3.8) is 0 Å². The van der Waals surface area contributed by atoms with Gasteiger partial charge in [-0.3, -0.25) is 4.79 Å². The number of hydrogen-bond donors (Lipinski definition) is 0. The van der Waals surface area contributed by atoms with Crippen LogP contribution in [-0.2, 0) is 0 Å². The number of hydrogen-bond acceptors (Lipinski definition) is 3. The predicted octanol–water partition coefficient (Wildman–Crippen LogP) is 3.28. The molecule has 2 atom stereocenters. The van der Waals surface area contributed by atoms with Gasteiger partial charge in [-0.15, -0.1) is 0 Å². The molecule has 4 heteroatoms. The Kier molecular flexibility index (Phi) is 3.98. The molecule has 0 amide bonds. The van der Waals surface area contributed by atoms with Crippen LogP contribution in [0.4, 0.5) is 4.39 Å². The molecule has 3 nitrogen and oxygen atoms in total. The number of ketones is 1. The predicted molar refractivity (Wildman–Crippen MR) is 79.2 cm³/mol. The van der Waals surface area contributed by atoms with Gasteiger partial charge in [0, 0.05) is 18.0 Å². The summed E-state index contributed by atoms with van der Waals surface area (Å²) >= 11 is 0. The first kappa shape index (κ1) is 14.5. The summed E-state index contributed by atoms with van der Waals surface area (Å²) in [6.45, 7) is 2.35. The minimum absolute atomic E-state index is 0.000272. The number of fused-ring (bicyclic) bond motifs is 2. The van der Waals surface area contributed by atoms with Crippen LogP contribution in [0.15, 0.2) is 18.2 Å². The van der Waals surface area contributed by atoms with Crippen molar-refractivity contribution < 1.29 is 13.9 Å². The first-order valence-corrected chi connectivity index (χ1v) is 7.78. The Labute approximate surface area is 125 Å². The molecule has 0 radical (unpaired) electrons. The minimum Gasteiger partial charge on any atom is -0.493 e. The van der Waals surface area contributed by atoms with E-state index in [-0.39, 0.29) is 17.5 Å². The molecule has 2 heterocycles. The second-order valence-corrected chi connectivity index (χ2v) is 6.16. The molecular formula is C17H22FNO2. The van der Waals surface area contributed by atoms with Crippen LogP contribution >= 0.6 is 0 Å². The molecule has 2 saturated heterocycles. The monoisotopic (exact) mass is 291 g/mol. The van der Waals surface area contributed by atoms with E-state index >= 15 is 0 Å². The van der Waals surface area contributed by atoms with E-state index in [4.69, 9.17) is 4.74 Å². The van der Waals surface area contributed by atoms with Crippen molar-refractivity contribution >= 4 is 5.78 Å². The van der Waals surface area contributed by atoms with Crippen molar-refractivity contribution in [1.82, 2.24) is 4.90 Å². The van der Waals surface area contributed by atoms with E-state index < -0.39 is 0 Å². The number of Topliss-reactive ketones (excluding diaryl/α,β-unsaturated/α-hetero) is 1. The number of halogens is 1. The van der Waals surface area contributed by atoms with Crippen LogP contribution in [0.2, 0.25) is 0 Å². The molecule has 1 aromatic carbocycles. The molecular weight excluding hydrogens is 269 g/mol. The van der Waals surface area contributed by atoms with Gasteiger partial charge in [-0.25, -0.2) is 4.39 Å². The van der Waals surface area contributed by atoms with E-state index in [1.807, 2.05) is 6.92 Å². The molecule has 0 spiro atoms. The summed E-state index contributed by atoms with van der Waals surface area (Å²) < 4.78 is 19.0. The maximum Gasteiger partial charge on any atom is 0.169 e. The van der Waals surface area contributed by atoms with Crippen molar-refractivity contribution in [1.29, 1.82) is 0 Å². The third-order valence-electron chi connectivity index (χ3n) is 4.98. The van der Waals surface area contributed by atoms with Gasteiger partial charge in [-0.2, -0.15) is 0 Å². The first-order valence-electron chi connectivity index (χ1n) is 7.78. The summed E-state index contributed by atoms with van der Waals surface area (Å²) in [5, 5.41) is 0. The van der Waals surface area contributed by atoms with E-state index in [0.29, 0.717) is 30.0 Å². The van der Waals surface area contributed by atoms with Gasteiger partial charge in [0.25, 0.3) is 0 Å². The van der Waals surface area contributed by atoms with Gasteiger partial charge in [-0.05, 0) is 57.9 Å². The van der Waals surface area contributed by atoms with Crippen molar-refractivity contribution in [3.05, 3.63) is 29.6 Å². The molecule has 0 N–H and O–H groups in total. The van der Waals surface area contributed by atoms with Crippen molar-refractivity contribution in [2.24, 2.45) is 5.92 Å². The van der Waals surface area contributed by atoms with E-state index in [9.17, 15) is 9.18 Å². The number of ether oxygens (including phenoxy) is 1. The average molecular weight is 291 g/mol. The Morgan fingerprint density at radius 1 is 1.33 bits per heavy atom. The zero-order chi connectivity index (χ0) is 15.0. The first-order chi connectivity index (χ1) is 10.1. The average Bonchev–Trinajstić information content (AvgIpc) is 2.70. The maximum absolute atomic E-state index is 13.5. The number of piperidine rings is 1. The quantitative estimate of drug-likeness (QED) is 0.797. The summed E-state index contributed by atoms with van der Waals surface area (Å²) in [5.74, 6) is 0.176. The molecule has 0 aromatic heterocycles. The van der Waals surface area contributed by atoms with Crippen molar-refractivity contribution in [2.75, 3.05) is 13.7 Å². The van der Waals surface area contributed by atoms with Gasteiger partial charge in [0.2, 0.25) is 0 Å². The van der Waals surface area contributed by atoms with Crippen LogP contribution in [0.3, 0.4) is 0 Å². The lowest BCUT2D eigenvalue weighted by atomic mass is 9.84. The number of carbonyl (C=O) groups is 1. The van der Waals surface area contributed by atoms with Gasteiger partial charge in [0.15, 0.2) is 5.78 Å². The molecule has 114 valence electrons. The number of carbonyl (C=O) groups excluding carboxylic acids is 1. The maximum atomic E-state index is 13.5. The molecule has 2 unspecified atom stereocenters. The fourth-order valence-electron chi connectivity index (χ4n) is 3.82. The van der Waals surface area contributed by atoms with E-state index in [0.717, 1.165) is 12.8 Å². The van der Waals surface area contributed by atoms with Crippen LogP contribution < -0.4 is 4.74 Å². The van der Waals surface area contributed by atoms with Crippen LogP contribution in [0.5, 0.6) is 5.75 Å².